The lowest BCUT2D eigenvalue weighted by molar-refractivity contribution is 0.593. The summed E-state index contributed by atoms with van der Waals surface area (Å²) in [5.41, 5.74) is 0.894. The molecule has 1 heterocycles. The van der Waals surface area contributed by atoms with E-state index >= 15 is 0 Å². The van der Waals surface area contributed by atoms with Crippen LogP contribution >= 0.6 is 11.3 Å². The van der Waals surface area contributed by atoms with Crippen molar-refractivity contribution in [3.05, 3.63) is 15.6 Å². The fraction of sp³-hybridized carbons (Fsp3) is 0.667. The van der Waals surface area contributed by atoms with Crippen molar-refractivity contribution in [3.63, 3.8) is 0 Å². The summed E-state index contributed by atoms with van der Waals surface area (Å²) in [4.78, 5) is 5.29. The third-order valence-electron chi connectivity index (χ3n) is 2.41. The highest BCUT2D eigenvalue weighted by Crippen LogP contribution is 2.22. The van der Waals surface area contributed by atoms with E-state index in [1.165, 1.54) is 11.3 Å². The van der Waals surface area contributed by atoms with Crippen molar-refractivity contribution in [2.45, 2.75) is 45.3 Å². The highest BCUT2D eigenvalue weighted by molar-refractivity contribution is 7.90. The van der Waals surface area contributed by atoms with Crippen LogP contribution in [0, 0.1) is 11.3 Å². The largest absolute Gasteiger partial charge is 0.245 e. The van der Waals surface area contributed by atoms with E-state index in [2.05, 4.69) is 11.1 Å². The van der Waals surface area contributed by atoms with E-state index in [1.807, 2.05) is 13.8 Å². The molecule has 0 aliphatic carbocycles. The molecule has 0 radical (unpaired) electrons. The maximum absolute atomic E-state index is 11.7. The Bertz CT molecular complexity index is 527. The van der Waals surface area contributed by atoms with Gasteiger partial charge in [-0.2, -0.15) is 5.26 Å². The minimum Gasteiger partial charge on any atom is -0.245 e. The Morgan fingerprint density at radius 1 is 1.33 bits per heavy atom. The van der Waals surface area contributed by atoms with Crippen molar-refractivity contribution < 1.29 is 8.42 Å². The van der Waals surface area contributed by atoms with Crippen LogP contribution in [0.1, 0.15) is 42.3 Å². The Hall–Kier alpha value is -0.930. The molecule has 0 saturated heterocycles. The first-order chi connectivity index (χ1) is 8.52. The predicted octanol–water partition coefficient (Wildman–Crippen LogP) is 2.49. The lowest BCUT2D eigenvalue weighted by atomic mass is 10.2. The monoisotopic (exact) mass is 286 g/mol. The summed E-state index contributed by atoms with van der Waals surface area (Å²) in [6.45, 7) is 3.89. The molecule has 0 saturated carbocycles. The van der Waals surface area contributed by atoms with Gasteiger partial charge in [0.25, 0.3) is 0 Å². The SMILES string of the molecule is CCCc1nc(CS(=O)(=O)CCC)sc1CC#N. The highest BCUT2D eigenvalue weighted by atomic mass is 32.2. The van der Waals surface area contributed by atoms with Crippen molar-refractivity contribution in [2.24, 2.45) is 0 Å². The average molecular weight is 286 g/mol. The predicted molar refractivity (Wildman–Crippen MR) is 73.2 cm³/mol. The van der Waals surface area contributed by atoms with Gasteiger partial charge in [0.15, 0.2) is 9.84 Å². The molecule has 0 spiro atoms. The van der Waals surface area contributed by atoms with Crippen molar-refractivity contribution in [1.29, 1.82) is 5.26 Å². The molecule has 100 valence electrons. The molecule has 18 heavy (non-hydrogen) atoms. The molecule has 0 unspecified atom stereocenters. The third kappa shape index (κ3) is 4.39. The number of aryl methyl sites for hydroxylation is 1. The lowest BCUT2D eigenvalue weighted by Gasteiger charge is -1.98. The molecule has 0 aromatic carbocycles. The topological polar surface area (TPSA) is 70.8 Å². The summed E-state index contributed by atoms with van der Waals surface area (Å²) in [6.07, 6.45) is 2.70. The summed E-state index contributed by atoms with van der Waals surface area (Å²) in [7, 11) is -3.05. The Labute approximate surface area is 113 Å². The third-order valence-corrected chi connectivity index (χ3v) is 5.43. The number of nitrogens with zero attached hydrogens (tertiary/aromatic N) is 2. The normalized spacial score (nSPS) is 11.4. The van der Waals surface area contributed by atoms with Crippen molar-refractivity contribution >= 4 is 21.2 Å². The zero-order chi connectivity index (χ0) is 13.6. The minimum atomic E-state index is -3.05. The lowest BCUT2D eigenvalue weighted by Crippen LogP contribution is -2.08. The molecule has 1 aromatic rings. The van der Waals surface area contributed by atoms with Crippen LogP contribution in [-0.2, 0) is 28.4 Å². The van der Waals surface area contributed by atoms with Gasteiger partial charge in [0.05, 0.1) is 23.9 Å². The second-order valence-corrected chi connectivity index (χ2v) is 7.51. The molecule has 6 heteroatoms. The van der Waals surface area contributed by atoms with Crippen LogP contribution in [0.15, 0.2) is 0 Å². The first kappa shape index (κ1) is 15.1. The van der Waals surface area contributed by atoms with Crippen LogP contribution in [0.4, 0.5) is 0 Å². The Morgan fingerprint density at radius 3 is 2.61 bits per heavy atom. The zero-order valence-corrected chi connectivity index (χ0v) is 12.4. The molecule has 0 fully saturated rings. The smallest absolute Gasteiger partial charge is 0.156 e. The van der Waals surface area contributed by atoms with Gasteiger partial charge in [-0.1, -0.05) is 20.3 Å². The van der Waals surface area contributed by atoms with Gasteiger partial charge in [0.1, 0.15) is 10.8 Å². The van der Waals surface area contributed by atoms with Gasteiger partial charge in [-0.25, -0.2) is 13.4 Å². The molecule has 0 aliphatic rings. The van der Waals surface area contributed by atoms with Crippen LogP contribution in [0.2, 0.25) is 0 Å². The number of hydrogen-bond acceptors (Lipinski definition) is 5. The van der Waals surface area contributed by atoms with Gasteiger partial charge in [0.2, 0.25) is 0 Å². The Morgan fingerprint density at radius 2 is 2.06 bits per heavy atom. The van der Waals surface area contributed by atoms with Gasteiger partial charge in [-0.3, -0.25) is 0 Å². The molecule has 0 amide bonds. The maximum atomic E-state index is 11.7. The molecule has 4 nitrogen and oxygen atoms in total. The maximum Gasteiger partial charge on any atom is 0.156 e. The standard InChI is InChI=1S/C12H18N2O2S2/c1-3-5-10-11(6-7-13)17-12(14-10)9-18(15,16)8-4-2/h3-6,8-9H2,1-2H3. The molecule has 0 bridgehead atoms. The first-order valence-electron chi connectivity index (χ1n) is 6.07. The molecule has 1 aromatic heterocycles. The van der Waals surface area contributed by atoms with Crippen LogP contribution in [-0.4, -0.2) is 19.2 Å². The van der Waals surface area contributed by atoms with E-state index in [0.29, 0.717) is 17.8 Å². The van der Waals surface area contributed by atoms with Gasteiger partial charge in [0, 0.05) is 4.88 Å². The number of aromatic nitrogens is 1. The fourth-order valence-corrected chi connectivity index (χ4v) is 4.54. The van der Waals surface area contributed by atoms with Gasteiger partial charge in [-0.05, 0) is 12.8 Å². The van der Waals surface area contributed by atoms with Crippen molar-refractivity contribution in [3.8, 4) is 6.07 Å². The van der Waals surface area contributed by atoms with E-state index in [9.17, 15) is 8.42 Å². The fourth-order valence-electron chi connectivity index (χ4n) is 1.71. The van der Waals surface area contributed by atoms with Crippen LogP contribution < -0.4 is 0 Å². The molecular formula is C12H18N2O2S2. The van der Waals surface area contributed by atoms with Crippen LogP contribution in [0.3, 0.4) is 0 Å². The minimum absolute atomic E-state index is 0.00759. The summed E-state index contributed by atoms with van der Waals surface area (Å²) < 4.78 is 23.5. The second-order valence-electron chi connectivity index (χ2n) is 4.15. The Kier molecular flexibility index (Phi) is 5.76. The number of rotatable bonds is 7. The van der Waals surface area contributed by atoms with Crippen molar-refractivity contribution in [2.75, 3.05) is 5.75 Å². The van der Waals surface area contributed by atoms with Crippen LogP contribution in [0.5, 0.6) is 0 Å². The van der Waals surface area contributed by atoms with E-state index < -0.39 is 9.84 Å². The molecule has 1 rings (SSSR count). The molecule has 0 aliphatic heterocycles. The van der Waals surface area contributed by atoms with Gasteiger partial charge in [-0.15, -0.1) is 11.3 Å². The molecule has 0 atom stereocenters. The van der Waals surface area contributed by atoms with E-state index in [-0.39, 0.29) is 11.5 Å². The highest BCUT2D eigenvalue weighted by Gasteiger charge is 2.16. The molecular weight excluding hydrogens is 268 g/mol. The van der Waals surface area contributed by atoms with Crippen LogP contribution in [0.25, 0.3) is 0 Å². The zero-order valence-electron chi connectivity index (χ0n) is 10.8. The van der Waals surface area contributed by atoms with Gasteiger partial charge < -0.3 is 0 Å². The summed E-state index contributed by atoms with van der Waals surface area (Å²) in [5.74, 6) is 0.205. The van der Waals surface area contributed by atoms with Gasteiger partial charge >= 0.3 is 0 Å². The average Bonchev–Trinajstić information content (AvgIpc) is 2.60. The quantitative estimate of drug-likeness (QED) is 0.772. The summed E-state index contributed by atoms with van der Waals surface area (Å²) >= 11 is 1.36. The summed E-state index contributed by atoms with van der Waals surface area (Å²) in [6, 6.07) is 2.11. The second kappa shape index (κ2) is 6.86. The number of thiazole rings is 1. The van der Waals surface area contributed by atoms with E-state index in [4.69, 9.17) is 5.26 Å². The number of sulfone groups is 1. The number of nitriles is 1. The van der Waals surface area contributed by atoms with Crippen molar-refractivity contribution in [1.82, 2.24) is 4.98 Å². The number of hydrogen-bond donors (Lipinski definition) is 0. The molecule has 0 N–H and O–H groups in total. The summed E-state index contributed by atoms with van der Waals surface area (Å²) in [5, 5.41) is 9.37. The van der Waals surface area contributed by atoms with E-state index in [1.54, 1.807) is 0 Å². The van der Waals surface area contributed by atoms with E-state index in [0.717, 1.165) is 23.4 Å². The first-order valence-corrected chi connectivity index (χ1v) is 8.71. The Balaban J connectivity index is 2.91.